The number of carbonyl (C=O) groups is 1. The van der Waals surface area contributed by atoms with Crippen LogP contribution in [0.15, 0.2) is 42.5 Å². The predicted molar refractivity (Wildman–Crippen MR) is 142 cm³/mol. The van der Waals surface area contributed by atoms with Crippen LogP contribution in [0.1, 0.15) is 121 Å². The molecule has 3 N–H and O–H groups in total. The molecule has 0 aliphatic heterocycles. The third kappa shape index (κ3) is 11.3. The predicted octanol–water partition coefficient (Wildman–Crippen LogP) is 7.13. The molecule has 0 saturated heterocycles. The van der Waals surface area contributed by atoms with Crippen molar-refractivity contribution in [3.63, 3.8) is 0 Å². The van der Waals surface area contributed by atoms with E-state index in [0.717, 1.165) is 24.9 Å². The molecule has 3 heteroatoms. The fraction of sp³-hybridized carbons (Fsp3) is 0.581. The minimum absolute atomic E-state index is 0.234. The fourth-order valence-corrected chi connectivity index (χ4v) is 4.84. The van der Waals surface area contributed by atoms with Gasteiger partial charge in [-0.15, -0.1) is 0 Å². The summed E-state index contributed by atoms with van der Waals surface area (Å²) in [5.41, 5.74) is 10.7. The van der Waals surface area contributed by atoms with Crippen molar-refractivity contribution in [2.45, 2.75) is 116 Å². The van der Waals surface area contributed by atoms with Crippen molar-refractivity contribution in [2.24, 2.45) is 0 Å². The molecule has 0 aromatic heterocycles. The third-order valence-corrected chi connectivity index (χ3v) is 6.84. The second-order valence-corrected chi connectivity index (χ2v) is 9.90. The number of hydrogen-bond acceptors (Lipinski definition) is 2. The molecule has 0 fully saturated rings. The highest BCUT2D eigenvalue weighted by atomic mass is 16.4. The van der Waals surface area contributed by atoms with Gasteiger partial charge in [-0.05, 0) is 53.6 Å². The Kier molecular flexibility index (Phi) is 14.3. The molecule has 0 unspecified atom stereocenters. The molecular weight excluding hydrogens is 418 g/mol. The first-order valence-corrected chi connectivity index (χ1v) is 13.8. The van der Waals surface area contributed by atoms with E-state index in [1.807, 2.05) is 0 Å². The van der Waals surface area contributed by atoms with Gasteiger partial charge in [0.1, 0.15) is 5.69 Å². The van der Waals surface area contributed by atoms with E-state index in [4.69, 9.17) is 0 Å². The van der Waals surface area contributed by atoms with Gasteiger partial charge in [-0.3, -0.25) is 0 Å². The fourth-order valence-electron chi connectivity index (χ4n) is 4.84. The van der Waals surface area contributed by atoms with Gasteiger partial charge in [-0.2, -0.15) is 0 Å². The maximum atomic E-state index is 10.2. The minimum atomic E-state index is -0.903. The number of rotatable bonds is 16. The van der Waals surface area contributed by atoms with Crippen molar-refractivity contribution < 1.29 is 15.6 Å². The second kappa shape index (κ2) is 17.3. The Morgan fingerprint density at radius 2 is 1.21 bits per heavy atom. The van der Waals surface area contributed by atoms with E-state index >= 15 is 0 Å². The van der Waals surface area contributed by atoms with Crippen LogP contribution in [0.3, 0.4) is 0 Å². The second-order valence-electron chi connectivity index (χ2n) is 9.90. The van der Waals surface area contributed by atoms with Crippen molar-refractivity contribution in [3.8, 4) is 11.1 Å². The van der Waals surface area contributed by atoms with Crippen LogP contribution < -0.4 is 10.8 Å². The molecule has 34 heavy (non-hydrogen) atoms. The number of carboxylic acid groups (broad SMARTS) is 1. The first-order valence-electron chi connectivity index (χ1n) is 13.8. The highest BCUT2D eigenvalue weighted by Gasteiger charge is 2.17. The van der Waals surface area contributed by atoms with Gasteiger partial charge in [-0.1, -0.05) is 121 Å². The lowest BCUT2D eigenvalue weighted by Gasteiger charge is -2.04. The molecule has 2 aromatic rings. The zero-order chi connectivity index (χ0) is 24.4. The number of fused-ring (bicyclic) bond motifs is 3. The molecule has 0 amide bonds. The molecule has 0 bridgehead atoms. The monoisotopic (exact) mass is 465 g/mol. The number of quaternary nitrogens is 1. The first-order chi connectivity index (χ1) is 16.6. The van der Waals surface area contributed by atoms with E-state index in [2.05, 4.69) is 55.1 Å². The summed E-state index contributed by atoms with van der Waals surface area (Å²) in [6.45, 7) is 2.27. The van der Waals surface area contributed by atoms with Crippen LogP contribution in [-0.2, 0) is 11.2 Å². The molecular formula is C31H47NO2. The molecule has 1 aliphatic carbocycles. The van der Waals surface area contributed by atoms with Crippen LogP contribution in [0.4, 0.5) is 5.69 Å². The van der Waals surface area contributed by atoms with E-state index in [1.54, 1.807) is 0 Å². The lowest BCUT2D eigenvalue weighted by Crippen LogP contribution is -2.40. The highest BCUT2D eigenvalue weighted by Crippen LogP contribution is 2.36. The van der Waals surface area contributed by atoms with Crippen molar-refractivity contribution in [3.05, 3.63) is 53.6 Å². The van der Waals surface area contributed by atoms with Crippen molar-refractivity contribution >= 4 is 11.7 Å². The minimum Gasteiger partial charge on any atom is -0.550 e. The standard InChI is InChI=1S/C18H36O2.C13H11N/c1-2-3-4-5-6-7-8-9-10-11-12-13-14-15-16-17-18(19)20;14-11-5-6-13-10(8-11)7-9-3-1-2-4-12(9)13/h2-17H2,1H3,(H,19,20);1-6,8H,7,14H2. The summed E-state index contributed by atoms with van der Waals surface area (Å²) in [7, 11) is 0. The lowest BCUT2D eigenvalue weighted by molar-refractivity contribution is -0.305. The van der Waals surface area contributed by atoms with Crippen LogP contribution in [-0.4, -0.2) is 5.97 Å². The van der Waals surface area contributed by atoms with E-state index in [1.165, 1.54) is 106 Å². The summed E-state index contributed by atoms with van der Waals surface area (Å²) in [6.07, 6.45) is 20.9. The molecule has 0 atom stereocenters. The molecule has 0 saturated carbocycles. The summed E-state index contributed by atoms with van der Waals surface area (Å²) < 4.78 is 0. The van der Waals surface area contributed by atoms with Gasteiger partial charge in [0.15, 0.2) is 0 Å². The molecule has 3 nitrogen and oxygen atoms in total. The van der Waals surface area contributed by atoms with Crippen LogP contribution in [0.2, 0.25) is 0 Å². The topological polar surface area (TPSA) is 67.8 Å². The van der Waals surface area contributed by atoms with Crippen molar-refractivity contribution in [1.29, 1.82) is 0 Å². The van der Waals surface area contributed by atoms with Crippen LogP contribution in [0, 0.1) is 0 Å². The zero-order valence-electron chi connectivity index (χ0n) is 21.6. The molecule has 1 aliphatic rings. The van der Waals surface area contributed by atoms with E-state index in [-0.39, 0.29) is 6.42 Å². The first kappa shape index (κ1) is 28.1. The Hall–Kier alpha value is -2.13. The zero-order valence-corrected chi connectivity index (χ0v) is 21.6. The summed E-state index contributed by atoms with van der Waals surface area (Å²) >= 11 is 0. The van der Waals surface area contributed by atoms with Gasteiger partial charge in [0.05, 0.1) is 0 Å². The summed E-state index contributed by atoms with van der Waals surface area (Å²) in [5.74, 6) is -0.903. The Labute approximate surface area is 208 Å². The maximum Gasteiger partial charge on any atom is 0.128 e. The summed E-state index contributed by atoms with van der Waals surface area (Å²) in [4.78, 5) is 10.2. The average molecular weight is 466 g/mol. The molecule has 2 aromatic carbocycles. The Balaban J connectivity index is 0.000000252. The highest BCUT2D eigenvalue weighted by molar-refractivity contribution is 5.77. The SMILES string of the molecule is CCCCCCCCCCCCCCCCCC(=O)[O-].[NH3+]c1ccc2c(c1)Cc1ccccc1-2. The lowest BCUT2D eigenvalue weighted by atomic mass is 10.0. The van der Waals surface area contributed by atoms with Crippen LogP contribution in [0.25, 0.3) is 11.1 Å². The number of aliphatic carboxylic acids is 1. The molecule has 0 heterocycles. The summed E-state index contributed by atoms with van der Waals surface area (Å²) in [5, 5.41) is 10.2. The molecule has 0 spiro atoms. The normalized spacial score (nSPS) is 11.5. The number of hydrogen-bond donors (Lipinski definition) is 1. The largest absolute Gasteiger partial charge is 0.550 e. The number of carbonyl (C=O) groups excluding carboxylic acids is 1. The van der Waals surface area contributed by atoms with E-state index < -0.39 is 5.97 Å². The van der Waals surface area contributed by atoms with E-state index in [0.29, 0.717) is 0 Å². The van der Waals surface area contributed by atoms with Gasteiger partial charge in [0.2, 0.25) is 0 Å². The smallest absolute Gasteiger partial charge is 0.128 e. The summed E-state index contributed by atoms with van der Waals surface area (Å²) in [6, 6.07) is 15.1. The third-order valence-electron chi connectivity index (χ3n) is 6.84. The van der Waals surface area contributed by atoms with Crippen LogP contribution >= 0.6 is 0 Å². The number of unbranched alkanes of at least 4 members (excludes halogenated alkanes) is 14. The maximum absolute atomic E-state index is 10.2. The Morgan fingerprint density at radius 1 is 0.706 bits per heavy atom. The number of carboxylic acids is 1. The van der Waals surface area contributed by atoms with Crippen molar-refractivity contribution in [1.82, 2.24) is 0 Å². The molecule has 0 radical (unpaired) electrons. The van der Waals surface area contributed by atoms with Gasteiger partial charge in [-0.25, -0.2) is 0 Å². The van der Waals surface area contributed by atoms with Gasteiger partial charge < -0.3 is 15.6 Å². The number of benzene rings is 2. The Morgan fingerprint density at radius 3 is 1.76 bits per heavy atom. The van der Waals surface area contributed by atoms with Crippen molar-refractivity contribution in [2.75, 3.05) is 0 Å². The Bertz CT molecular complexity index is 830. The van der Waals surface area contributed by atoms with Gasteiger partial charge >= 0.3 is 0 Å². The van der Waals surface area contributed by atoms with Crippen LogP contribution in [0.5, 0.6) is 0 Å². The molecule has 3 rings (SSSR count). The van der Waals surface area contributed by atoms with E-state index in [9.17, 15) is 9.90 Å². The quantitative estimate of drug-likeness (QED) is 0.229. The average Bonchev–Trinajstić information content (AvgIpc) is 3.19. The van der Waals surface area contributed by atoms with Gasteiger partial charge in [0, 0.05) is 12.0 Å². The van der Waals surface area contributed by atoms with Gasteiger partial charge in [0.25, 0.3) is 0 Å². The molecule has 188 valence electrons.